The van der Waals surface area contributed by atoms with Crippen molar-refractivity contribution in [2.75, 3.05) is 56.1 Å². The molecule has 2 saturated heterocycles. The van der Waals surface area contributed by atoms with Gasteiger partial charge in [-0.05, 0) is 43.3 Å². The third kappa shape index (κ3) is 5.37. The van der Waals surface area contributed by atoms with Crippen LogP contribution in [0.25, 0.3) is 22.2 Å². The van der Waals surface area contributed by atoms with Gasteiger partial charge in [0.15, 0.2) is 10.9 Å². The van der Waals surface area contributed by atoms with E-state index in [9.17, 15) is 19.6 Å². The second kappa shape index (κ2) is 11.6. The van der Waals surface area contributed by atoms with Crippen LogP contribution in [0.5, 0.6) is 0 Å². The minimum absolute atomic E-state index is 0.0107. The first-order chi connectivity index (χ1) is 21.7. The fourth-order valence-corrected chi connectivity index (χ4v) is 7.15. The van der Waals surface area contributed by atoms with E-state index in [0.29, 0.717) is 83.1 Å². The molecule has 4 aromatic rings. The molecule has 2 aromatic heterocycles. The molecule has 2 fully saturated rings. The Hall–Kier alpha value is -4.22. The van der Waals surface area contributed by atoms with E-state index in [1.807, 2.05) is 18.0 Å². The van der Waals surface area contributed by atoms with Crippen LogP contribution in [0.3, 0.4) is 0 Å². The van der Waals surface area contributed by atoms with Crippen LogP contribution >= 0.6 is 11.3 Å². The number of aliphatic hydroxyl groups excluding tert-OH is 1. The minimum atomic E-state index is -0.447. The van der Waals surface area contributed by atoms with E-state index in [1.165, 1.54) is 29.5 Å². The highest BCUT2D eigenvalue weighted by molar-refractivity contribution is 7.16. The van der Waals surface area contributed by atoms with Gasteiger partial charge in [0.1, 0.15) is 28.0 Å². The number of ether oxygens (including phenoxy) is 1. The quantitative estimate of drug-likeness (QED) is 0.338. The number of β-amino-alcohol motifs (C(OH)–C–C–N with tert-alkyl or cyclic N) is 1. The monoisotopic (exact) mass is 631 g/mol. The molecule has 0 saturated carbocycles. The standard InChI is InChI=1S/C32H31F2N7O3S/c1-18-12-40(8-7-39(18)15-28(43)41-13-22(42)14-41)21-9-23-30(25(34)10-21)36-26-17-44-16-24(26)31(23)38(2)32-37-29(27(11-35)45-32)19-3-5-20(33)6-4-19/h3-6,9-10,18,22,42H,7-8,12-17H2,1-2H3/t18-/m0/s1. The third-order valence-corrected chi connectivity index (χ3v) is 9.85. The number of aliphatic hydroxyl groups is 1. The zero-order chi connectivity index (χ0) is 31.4. The average Bonchev–Trinajstić information content (AvgIpc) is 3.67. The Bertz CT molecular complexity index is 1840. The number of hydrogen-bond acceptors (Lipinski definition) is 10. The highest BCUT2D eigenvalue weighted by Gasteiger charge is 2.33. The lowest BCUT2D eigenvalue weighted by molar-refractivity contribution is -0.143. The van der Waals surface area contributed by atoms with Gasteiger partial charge in [0.25, 0.3) is 0 Å². The summed E-state index contributed by atoms with van der Waals surface area (Å²) in [5, 5.41) is 20.6. The number of carbonyl (C=O) groups is 1. The molecule has 2 aromatic carbocycles. The fourth-order valence-electron chi connectivity index (χ4n) is 6.29. The summed E-state index contributed by atoms with van der Waals surface area (Å²) in [6.07, 6.45) is -0.432. The van der Waals surface area contributed by atoms with Crippen LogP contribution < -0.4 is 9.80 Å². The molecule has 10 nitrogen and oxygen atoms in total. The van der Waals surface area contributed by atoms with E-state index >= 15 is 4.39 Å². The fraction of sp³-hybridized carbons (Fsp3) is 0.375. The molecular formula is C32H31F2N7O3S. The lowest BCUT2D eigenvalue weighted by Gasteiger charge is -2.43. The number of halogens is 2. The number of rotatable bonds is 6. The molecule has 5 heterocycles. The molecule has 45 heavy (non-hydrogen) atoms. The predicted molar refractivity (Wildman–Crippen MR) is 166 cm³/mol. The van der Waals surface area contributed by atoms with Crippen molar-refractivity contribution in [3.05, 3.63) is 64.2 Å². The first-order valence-corrected chi connectivity index (χ1v) is 15.6. The zero-order valence-corrected chi connectivity index (χ0v) is 25.7. The topological polar surface area (TPSA) is 109 Å². The van der Waals surface area contributed by atoms with E-state index < -0.39 is 11.9 Å². The number of thiazole rings is 1. The van der Waals surface area contributed by atoms with Crippen molar-refractivity contribution >= 4 is 44.7 Å². The van der Waals surface area contributed by atoms with Gasteiger partial charge < -0.3 is 24.5 Å². The van der Waals surface area contributed by atoms with Gasteiger partial charge in [0, 0.05) is 68.0 Å². The molecule has 1 atom stereocenters. The highest BCUT2D eigenvalue weighted by atomic mass is 32.1. The summed E-state index contributed by atoms with van der Waals surface area (Å²) in [5.41, 5.74) is 4.24. The Labute approximate surface area is 262 Å². The summed E-state index contributed by atoms with van der Waals surface area (Å²) in [7, 11) is 1.83. The molecule has 1 N–H and O–H groups in total. The molecule has 3 aliphatic rings. The molecule has 0 aliphatic carbocycles. The number of piperazine rings is 1. The number of amides is 1. The predicted octanol–water partition coefficient (Wildman–Crippen LogP) is 4.02. The maximum atomic E-state index is 15.9. The van der Waals surface area contributed by atoms with Gasteiger partial charge in [-0.1, -0.05) is 11.3 Å². The molecule has 232 valence electrons. The molecule has 3 aliphatic heterocycles. The van der Waals surface area contributed by atoms with Gasteiger partial charge in [-0.3, -0.25) is 9.69 Å². The number of anilines is 3. The third-order valence-electron chi connectivity index (χ3n) is 8.81. The highest BCUT2D eigenvalue weighted by Crippen LogP contribution is 2.43. The van der Waals surface area contributed by atoms with Crippen LogP contribution in [0.15, 0.2) is 36.4 Å². The molecule has 7 rings (SSSR count). The van der Waals surface area contributed by atoms with E-state index in [0.717, 1.165) is 5.56 Å². The van der Waals surface area contributed by atoms with Gasteiger partial charge in [-0.2, -0.15) is 5.26 Å². The number of nitriles is 1. The largest absolute Gasteiger partial charge is 0.389 e. The van der Waals surface area contributed by atoms with E-state index in [2.05, 4.69) is 27.8 Å². The van der Waals surface area contributed by atoms with Gasteiger partial charge in [0.05, 0.1) is 37.2 Å². The molecular weight excluding hydrogens is 600 g/mol. The number of hydrogen-bond donors (Lipinski definition) is 1. The minimum Gasteiger partial charge on any atom is -0.389 e. The molecule has 0 unspecified atom stereocenters. The normalized spacial score (nSPS) is 18.6. The summed E-state index contributed by atoms with van der Waals surface area (Å²) in [5.74, 6) is -0.813. The Balaban J connectivity index is 1.22. The smallest absolute Gasteiger partial charge is 0.236 e. The molecule has 0 bridgehead atoms. The van der Waals surface area contributed by atoms with Crippen molar-refractivity contribution in [1.82, 2.24) is 19.8 Å². The Morgan fingerprint density at radius 1 is 1.16 bits per heavy atom. The number of carbonyl (C=O) groups excluding carboxylic acids is 1. The average molecular weight is 632 g/mol. The van der Waals surface area contributed by atoms with Crippen LogP contribution in [-0.4, -0.2) is 89.2 Å². The summed E-state index contributed by atoms with van der Waals surface area (Å²) in [6.45, 7) is 5.54. The van der Waals surface area contributed by atoms with Crippen LogP contribution in [-0.2, 0) is 22.7 Å². The second-order valence-electron chi connectivity index (χ2n) is 11.8. The van der Waals surface area contributed by atoms with Gasteiger partial charge >= 0.3 is 0 Å². The number of fused-ring (bicyclic) bond motifs is 2. The van der Waals surface area contributed by atoms with Crippen molar-refractivity contribution < 1.29 is 23.4 Å². The lowest BCUT2D eigenvalue weighted by atomic mass is 10.0. The van der Waals surface area contributed by atoms with Crippen LogP contribution in [0.1, 0.15) is 23.1 Å². The maximum absolute atomic E-state index is 15.9. The number of aromatic nitrogens is 2. The summed E-state index contributed by atoms with van der Waals surface area (Å²) in [6, 6.07) is 11.6. The number of nitrogens with zero attached hydrogens (tertiary/aromatic N) is 7. The van der Waals surface area contributed by atoms with Crippen molar-refractivity contribution in [1.29, 1.82) is 5.26 Å². The Morgan fingerprint density at radius 2 is 1.93 bits per heavy atom. The molecule has 13 heteroatoms. The molecule has 0 spiro atoms. The van der Waals surface area contributed by atoms with E-state index in [4.69, 9.17) is 9.72 Å². The summed E-state index contributed by atoms with van der Waals surface area (Å²) >= 11 is 1.21. The van der Waals surface area contributed by atoms with Crippen molar-refractivity contribution in [3.63, 3.8) is 0 Å². The van der Waals surface area contributed by atoms with Gasteiger partial charge in [-0.25, -0.2) is 18.7 Å². The summed E-state index contributed by atoms with van der Waals surface area (Å²) in [4.78, 5) is 30.2. The lowest BCUT2D eigenvalue weighted by Crippen LogP contribution is -2.59. The van der Waals surface area contributed by atoms with E-state index in [1.54, 1.807) is 17.0 Å². The second-order valence-corrected chi connectivity index (χ2v) is 12.7. The number of benzene rings is 2. The van der Waals surface area contributed by atoms with Gasteiger partial charge in [0.2, 0.25) is 5.91 Å². The van der Waals surface area contributed by atoms with E-state index in [-0.39, 0.29) is 36.4 Å². The SMILES string of the molecule is C[C@H]1CN(c2cc(F)c3nc4c(c(N(C)c5nc(-c6ccc(F)cc6)c(C#N)s5)c3c2)COC4)CCN1CC(=O)N1CC(O)C1. The first-order valence-electron chi connectivity index (χ1n) is 14.8. The Morgan fingerprint density at radius 3 is 2.64 bits per heavy atom. The van der Waals surface area contributed by atoms with Crippen LogP contribution in [0, 0.1) is 23.0 Å². The van der Waals surface area contributed by atoms with Crippen LogP contribution in [0.2, 0.25) is 0 Å². The first kappa shape index (κ1) is 29.5. The number of pyridine rings is 1. The molecule has 0 radical (unpaired) electrons. The van der Waals surface area contributed by atoms with Crippen molar-refractivity contribution in [3.8, 4) is 17.3 Å². The van der Waals surface area contributed by atoms with Crippen molar-refractivity contribution in [2.24, 2.45) is 0 Å². The number of likely N-dealkylation sites (tertiary alicyclic amines) is 1. The van der Waals surface area contributed by atoms with Crippen molar-refractivity contribution in [2.45, 2.75) is 32.3 Å². The van der Waals surface area contributed by atoms with Crippen LogP contribution in [0.4, 0.5) is 25.3 Å². The zero-order valence-electron chi connectivity index (χ0n) is 24.8. The molecule has 1 amide bonds. The van der Waals surface area contributed by atoms with Gasteiger partial charge in [-0.15, -0.1) is 0 Å². The maximum Gasteiger partial charge on any atom is 0.236 e. The summed E-state index contributed by atoms with van der Waals surface area (Å²) < 4.78 is 35.2. The Kier molecular flexibility index (Phi) is 7.61.